The molecule has 3 amide bonds. The quantitative estimate of drug-likeness (QED) is 0.00934. The molecule has 7 heterocycles. The van der Waals surface area contributed by atoms with E-state index in [1.165, 1.54) is 23.9 Å². The standard InChI is InChI=1S/C93H136N10O24/c1-59-16-12-11-13-17-60(2)77(113-8)54-71-24-19-65(7)93(112,127-71)86(108)89(109)102-30-15-14-18-73(102)90(110)124-78(55-74(104)61(3)49-64(6)84(107)85(115-10)83(106)63(5)48-59)62(4)50-66-21-25-76(79(52-66)114-9)126-92(111)96-29-33-117-35-37-119-39-41-121-43-45-123-47-46-122-44-42-120-40-38-118-36-34-116-32-28-80(105)101-31-27-68-51-67(20-22-70(68)57-101)56-103-88-81(87(94)97-58-98-88)82(100-103)69-23-26-75-72(53-69)99-91(95)125-75/h11-13,16-17,20,22-23,26,49,51,53,58-59,61-63,65-66,71,73-74,76-79,84-85,104,107,112H,14-15,18-19,21,24-25,27-48,50,52,54-57H2,1-10H3,(H2,95,99)(H,96,111)(H2,94,97,98)/t59-,61-,62-,63-,65-,66+,71+,73+,74-,76-,77+,78+,79-,84-,85+,93-/m1/s1. The predicted molar refractivity (Wildman–Crippen MR) is 471 cm³/mol. The van der Waals surface area contributed by atoms with Gasteiger partial charge in [-0.3, -0.25) is 19.2 Å². The highest BCUT2D eigenvalue weighted by atomic mass is 16.6. The van der Waals surface area contributed by atoms with E-state index in [0.717, 1.165) is 28.7 Å². The van der Waals surface area contributed by atoms with Gasteiger partial charge in [-0.25, -0.2) is 24.2 Å². The number of anilines is 2. The van der Waals surface area contributed by atoms with Crippen LogP contribution in [0.5, 0.6) is 0 Å². The Morgan fingerprint density at radius 1 is 0.701 bits per heavy atom. The van der Waals surface area contributed by atoms with E-state index in [2.05, 4.69) is 38.5 Å². The van der Waals surface area contributed by atoms with Crippen molar-refractivity contribution in [1.29, 1.82) is 0 Å². The van der Waals surface area contributed by atoms with Gasteiger partial charge >= 0.3 is 12.1 Å². The molecule has 5 aromatic rings. The number of hydrogen-bond acceptors (Lipinski definition) is 30. The maximum absolute atomic E-state index is 14.8. The zero-order chi connectivity index (χ0) is 90.9. The van der Waals surface area contributed by atoms with Gasteiger partial charge < -0.3 is 113 Å². The molecule has 2 saturated heterocycles. The highest BCUT2D eigenvalue weighted by Crippen LogP contribution is 2.40. The molecule has 34 heteroatoms. The fraction of sp³-hybridized carbons (Fsp3) is 0.656. The molecule has 0 spiro atoms. The second-order valence-electron chi connectivity index (χ2n) is 34.1. The number of esters is 1. The van der Waals surface area contributed by atoms with Gasteiger partial charge in [0.1, 0.15) is 53.8 Å². The van der Waals surface area contributed by atoms with Crippen molar-refractivity contribution < 1.29 is 115 Å². The first-order valence-corrected chi connectivity index (χ1v) is 45.0. The van der Waals surface area contributed by atoms with Crippen LogP contribution in [0.15, 0.2) is 94.7 Å². The highest BCUT2D eigenvalue weighted by Gasteiger charge is 2.53. The molecule has 34 nitrogen and oxygen atoms in total. The zero-order valence-electron chi connectivity index (χ0n) is 75.6. The van der Waals surface area contributed by atoms with E-state index in [1.807, 2.05) is 79.8 Å². The average molecular weight is 1780 g/mol. The number of nitrogens with zero attached hydrogens (tertiary/aromatic N) is 7. The molecule has 16 atom stereocenters. The summed E-state index contributed by atoms with van der Waals surface area (Å²) in [5, 5.41) is 44.2. The molecule has 4 aliphatic heterocycles. The van der Waals surface area contributed by atoms with Gasteiger partial charge in [0.25, 0.3) is 17.7 Å². The van der Waals surface area contributed by atoms with Crippen molar-refractivity contribution in [2.75, 3.05) is 158 Å². The van der Waals surface area contributed by atoms with Gasteiger partial charge in [0.2, 0.25) is 11.7 Å². The minimum absolute atomic E-state index is 0.00472. The van der Waals surface area contributed by atoms with E-state index in [4.69, 9.17) is 87.3 Å². The van der Waals surface area contributed by atoms with Crippen LogP contribution in [0, 0.1) is 35.5 Å². The number of amides is 3. The zero-order valence-corrected chi connectivity index (χ0v) is 75.6. The van der Waals surface area contributed by atoms with Crippen molar-refractivity contribution >= 4 is 69.4 Å². The van der Waals surface area contributed by atoms with Crippen molar-refractivity contribution in [3.05, 3.63) is 107 Å². The first kappa shape index (κ1) is 101. The molecule has 8 N–H and O–H groups in total. The van der Waals surface area contributed by atoms with Crippen LogP contribution in [-0.4, -0.2) is 293 Å². The Morgan fingerprint density at radius 3 is 2.05 bits per heavy atom. The summed E-state index contributed by atoms with van der Waals surface area (Å²) in [7, 11) is 4.52. The first-order chi connectivity index (χ1) is 61.3. The third-order valence-electron chi connectivity index (χ3n) is 24.7. The molecule has 3 aromatic heterocycles. The number of nitrogen functional groups attached to an aromatic ring is 2. The summed E-state index contributed by atoms with van der Waals surface area (Å²) in [5.41, 5.74) is 20.0. The smallest absolute Gasteiger partial charge is 0.407 e. The van der Waals surface area contributed by atoms with Crippen LogP contribution in [0.4, 0.5) is 16.6 Å². The molecule has 1 saturated carbocycles. The Hall–Kier alpha value is -8.56. The number of carbonyl (C=O) groups excluding carboxylic acids is 6. The number of hydrogen-bond donors (Lipinski definition) is 6. The number of ketones is 2. The van der Waals surface area contributed by atoms with Gasteiger partial charge in [0, 0.05) is 83.7 Å². The van der Waals surface area contributed by atoms with E-state index < -0.39 is 102 Å². The first-order valence-electron chi connectivity index (χ1n) is 45.0. The van der Waals surface area contributed by atoms with E-state index in [1.54, 1.807) is 47.1 Å². The fourth-order valence-electron chi connectivity index (χ4n) is 17.3. The van der Waals surface area contributed by atoms with Crippen molar-refractivity contribution in [3.8, 4) is 11.3 Å². The Bertz CT molecular complexity index is 4460. The number of allylic oxidation sites excluding steroid dienone is 5. The third-order valence-corrected chi connectivity index (χ3v) is 24.7. The highest BCUT2D eigenvalue weighted by molar-refractivity contribution is 6.39. The summed E-state index contributed by atoms with van der Waals surface area (Å²) in [6.07, 6.45) is 11.4. The van der Waals surface area contributed by atoms with Gasteiger partial charge in [-0.2, -0.15) is 10.1 Å². The fourth-order valence-corrected chi connectivity index (χ4v) is 17.3. The number of nitrogens with one attached hydrogen (secondary N) is 1. The lowest BCUT2D eigenvalue weighted by atomic mass is 9.78. The van der Waals surface area contributed by atoms with Crippen molar-refractivity contribution in [3.63, 3.8) is 0 Å². The van der Waals surface area contributed by atoms with Gasteiger partial charge in [-0.15, -0.1) is 0 Å². The minimum Gasteiger partial charge on any atom is -0.460 e. The van der Waals surface area contributed by atoms with E-state index in [-0.39, 0.29) is 74.4 Å². The molecular formula is C93H136N10O24. The number of aliphatic hydroxyl groups excluding tert-OH is 2. The Balaban J connectivity index is 0.552. The molecule has 127 heavy (non-hydrogen) atoms. The molecule has 5 aliphatic rings. The number of alkyl carbamates (subject to hydrolysis) is 1. The number of piperidine rings is 1. The number of aliphatic hydroxyl groups is 3. The lowest BCUT2D eigenvalue weighted by Gasteiger charge is -2.43. The van der Waals surface area contributed by atoms with Gasteiger partial charge in [-0.05, 0) is 148 Å². The lowest BCUT2D eigenvalue weighted by Crippen LogP contribution is -2.61. The number of aromatic nitrogens is 5. The molecule has 10 rings (SSSR count). The molecule has 1 aliphatic carbocycles. The largest absolute Gasteiger partial charge is 0.460 e. The molecular weight excluding hydrogens is 1640 g/mol. The number of cyclic esters (lactones) is 1. The number of rotatable bonds is 37. The van der Waals surface area contributed by atoms with Gasteiger partial charge in [0.05, 0.1) is 148 Å². The number of nitrogens with two attached hydrogens (primary N) is 2. The number of benzene rings is 2. The summed E-state index contributed by atoms with van der Waals surface area (Å²) in [6.45, 7) is 20.5. The monoisotopic (exact) mass is 1780 g/mol. The second-order valence-corrected chi connectivity index (χ2v) is 34.1. The predicted octanol–water partition coefficient (Wildman–Crippen LogP) is 8.97. The maximum Gasteiger partial charge on any atom is 0.407 e. The normalized spacial score (nSPS) is 26.2. The topological polar surface area (TPSA) is 433 Å². The number of Topliss-reactive ketones (excluding diaryl/α,β-unsaturated/α-hetero) is 2. The lowest BCUT2D eigenvalue weighted by molar-refractivity contribution is -0.265. The van der Waals surface area contributed by atoms with E-state index in [0.29, 0.717) is 222 Å². The van der Waals surface area contributed by atoms with Crippen LogP contribution in [0.25, 0.3) is 33.4 Å². The molecule has 3 fully saturated rings. The Kier molecular flexibility index (Phi) is 40.5. The number of carbonyl (C=O) groups is 6. The van der Waals surface area contributed by atoms with Crippen molar-refractivity contribution in [2.24, 2.45) is 35.5 Å². The number of fused-ring (bicyclic) bond motifs is 6. The third kappa shape index (κ3) is 29.5. The van der Waals surface area contributed by atoms with Crippen LogP contribution in [-0.2, 0) is 110 Å². The van der Waals surface area contributed by atoms with Crippen LogP contribution in [0.3, 0.4) is 0 Å². The SMILES string of the molecule is CO[C@H]1C[C@@H]2CC[C@@H](C)[C@@](O)(O2)C(=O)C(=O)N2CCCC[C@H]2C(=O)O[C@H]([C@H](C)C[C@@H]2CC[C@@H](OC(=O)NCCOCCOCCOCCOCCOCCOCCOCCOCCC(=O)N3CCc4cc(Cn5nc(-c6ccc7oc(N)nc7c6)c6c(N)ncnc65)ccc4C3)[C@H](OC)C2)C[C@@H](O)[C@H](C)C=C(C)[C@@H](O)[C@@H](OC)C(=O)[C@H](C)C[C@H](C)C=CC=CC=C1C. The molecule has 0 unspecified atom stereocenters. The van der Waals surface area contributed by atoms with Gasteiger partial charge in [0.15, 0.2) is 17.0 Å². The van der Waals surface area contributed by atoms with E-state index in [9.17, 15) is 44.1 Å². The number of ether oxygens (including phenoxy) is 14. The average Bonchev–Trinajstić information content (AvgIpc) is 1.71. The van der Waals surface area contributed by atoms with Crippen LogP contribution in [0.2, 0.25) is 0 Å². The maximum atomic E-state index is 14.8. The summed E-state index contributed by atoms with van der Waals surface area (Å²) in [6, 6.07) is 10.7. The summed E-state index contributed by atoms with van der Waals surface area (Å²) in [5.74, 6) is -7.56. The van der Waals surface area contributed by atoms with Crippen LogP contribution >= 0.6 is 0 Å². The Labute approximate surface area is 744 Å². The number of oxazole rings is 1. The van der Waals surface area contributed by atoms with Crippen molar-refractivity contribution in [1.82, 2.24) is 39.8 Å². The van der Waals surface area contributed by atoms with E-state index >= 15 is 0 Å². The number of methoxy groups -OCH3 is 3. The van der Waals surface area contributed by atoms with Crippen molar-refractivity contribution in [2.45, 2.75) is 212 Å². The van der Waals surface area contributed by atoms with Gasteiger partial charge in [-0.1, -0.05) is 89.3 Å². The minimum atomic E-state index is -2.47. The van der Waals surface area contributed by atoms with Crippen LogP contribution in [0.1, 0.15) is 149 Å². The molecule has 0 radical (unpaired) electrons. The Morgan fingerprint density at radius 2 is 1.38 bits per heavy atom. The van der Waals surface area contributed by atoms with Crippen LogP contribution < -0.4 is 16.8 Å². The molecule has 2 aromatic carbocycles. The summed E-state index contributed by atoms with van der Waals surface area (Å²) < 4.78 is 88.5. The second kappa shape index (κ2) is 51.1. The molecule has 2 bridgehead atoms. The summed E-state index contributed by atoms with van der Waals surface area (Å²) in [4.78, 5) is 100. The molecule has 702 valence electrons. The summed E-state index contributed by atoms with van der Waals surface area (Å²) >= 11 is 0.